The highest BCUT2D eigenvalue weighted by atomic mass is 15.3. The number of rotatable bonds is 6. The number of aryl methyl sites for hydroxylation is 2. The molecular weight excluding hydrogens is 822 g/mol. The fraction of sp³-hybridized carbons (Fsp3) is 0.156. The van der Waals surface area contributed by atoms with Crippen LogP contribution in [0.25, 0.3) is 60.9 Å². The SMILES string of the molecule is Cc1ccc(N(c2ccc(C)cc2)c2cc3c4c(c2)-n2c5ccc(-c6ccccc6)cc5c5cc(-c6ccccc6)cc(c52)B4c2cc(-c4ccccc4)cc4c2N3C2(C)CCCCC42C)cc1. The van der Waals surface area contributed by atoms with E-state index in [0.29, 0.717) is 0 Å². The van der Waals surface area contributed by atoms with Gasteiger partial charge in [-0.1, -0.05) is 164 Å². The van der Waals surface area contributed by atoms with Crippen LogP contribution in [0.2, 0.25) is 0 Å². The van der Waals surface area contributed by atoms with Crippen molar-refractivity contribution in [2.75, 3.05) is 9.80 Å². The van der Waals surface area contributed by atoms with Crippen molar-refractivity contribution in [3.63, 3.8) is 0 Å². The molecule has 0 saturated heterocycles. The number of hydrogen-bond donors (Lipinski definition) is 0. The Morgan fingerprint density at radius 3 is 1.65 bits per heavy atom. The molecule has 68 heavy (non-hydrogen) atoms. The summed E-state index contributed by atoms with van der Waals surface area (Å²) in [6.45, 7) is 9.58. The van der Waals surface area contributed by atoms with Crippen molar-refractivity contribution in [2.24, 2.45) is 0 Å². The number of aromatic nitrogens is 1. The standard InChI is InChI=1S/C64H52BN3/c1-41-22-27-49(28-23-41)66(50-29-24-42(2)25-30-50)51-39-58-60-59(40-51)68-62-54(63(3)32-14-15-33-64(63,68)4)36-48(45-20-12-7-13-21-45)38-56(62)65(60)55-37-47(44-18-10-6-11-19-44)35-53-52-34-46(43-16-8-5-9-17-43)26-31-57(52)67(58)61(53)55/h5-13,16-31,34-40H,14-15,32-33H2,1-4H3. The smallest absolute Gasteiger partial charge is 0.252 e. The normalized spacial score (nSPS) is 18.4. The van der Waals surface area contributed by atoms with E-state index in [1.54, 1.807) is 0 Å². The van der Waals surface area contributed by atoms with Crippen molar-refractivity contribution >= 4 is 73.3 Å². The van der Waals surface area contributed by atoms with Crippen LogP contribution in [0.5, 0.6) is 0 Å². The van der Waals surface area contributed by atoms with Gasteiger partial charge in [-0.25, -0.2) is 0 Å². The van der Waals surface area contributed by atoms with E-state index < -0.39 is 0 Å². The van der Waals surface area contributed by atoms with Crippen molar-refractivity contribution in [1.29, 1.82) is 0 Å². The van der Waals surface area contributed by atoms with E-state index in [1.165, 1.54) is 124 Å². The topological polar surface area (TPSA) is 11.4 Å². The number of fused-ring (bicyclic) bond motifs is 10. The summed E-state index contributed by atoms with van der Waals surface area (Å²) in [5, 5.41) is 2.58. The molecule has 14 rings (SSSR count). The predicted molar refractivity (Wildman–Crippen MR) is 289 cm³/mol. The van der Waals surface area contributed by atoms with Crippen molar-refractivity contribution in [2.45, 2.75) is 64.3 Å². The molecule has 1 aliphatic carbocycles. The van der Waals surface area contributed by atoms with Crippen molar-refractivity contribution in [1.82, 2.24) is 4.57 Å². The van der Waals surface area contributed by atoms with Gasteiger partial charge in [0.25, 0.3) is 6.71 Å². The highest BCUT2D eigenvalue weighted by Gasteiger charge is 2.61. The molecule has 10 aromatic rings. The first-order valence-electron chi connectivity index (χ1n) is 24.7. The van der Waals surface area contributed by atoms with Gasteiger partial charge in [-0.05, 0) is 150 Å². The highest BCUT2D eigenvalue weighted by Crippen LogP contribution is 2.62. The minimum Gasteiger partial charge on any atom is -0.335 e. The first-order chi connectivity index (χ1) is 33.3. The molecule has 326 valence electrons. The summed E-state index contributed by atoms with van der Waals surface area (Å²) < 4.78 is 2.66. The molecule has 3 aliphatic heterocycles. The van der Waals surface area contributed by atoms with E-state index in [1.807, 2.05) is 0 Å². The monoisotopic (exact) mass is 873 g/mol. The average Bonchev–Trinajstić information content (AvgIpc) is 3.82. The zero-order chi connectivity index (χ0) is 45.5. The third-order valence-electron chi connectivity index (χ3n) is 16.8. The third kappa shape index (κ3) is 5.49. The van der Waals surface area contributed by atoms with Gasteiger partial charge >= 0.3 is 0 Å². The van der Waals surface area contributed by atoms with Gasteiger partial charge in [-0.3, -0.25) is 0 Å². The Labute approximate surface area is 400 Å². The largest absolute Gasteiger partial charge is 0.335 e. The summed E-state index contributed by atoms with van der Waals surface area (Å²) in [5.41, 5.74) is 25.7. The molecule has 0 amide bonds. The molecule has 1 fully saturated rings. The second-order valence-electron chi connectivity index (χ2n) is 20.6. The Hall–Kier alpha value is -7.56. The fourth-order valence-electron chi connectivity index (χ4n) is 13.2. The summed E-state index contributed by atoms with van der Waals surface area (Å²) in [4.78, 5) is 5.39. The van der Waals surface area contributed by atoms with E-state index in [4.69, 9.17) is 0 Å². The molecular formula is C64H52BN3. The minimum atomic E-state index is -0.140. The maximum atomic E-state index is 2.88. The molecule has 0 radical (unpaired) electrons. The molecule has 0 spiro atoms. The lowest BCUT2D eigenvalue weighted by molar-refractivity contribution is 0.195. The molecule has 0 N–H and O–H groups in total. The molecule has 4 heterocycles. The molecule has 3 nitrogen and oxygen atoms in total. The van der Waals surface area contributed by atoms with Gasteiger partial charge in [0.15, 0.2) is 0 Å². The number of anilines is 5. The van der Waals surface area contributed by atoms with Crippen LogP contribution < -0.4 is 26.2 Å². The van der Waals surface area contributed by atoms with E-state index in [0.717, 1.165) is 24.2 Å². The van der Waals surface area contributed by atoms with Crippen molar-refractivity contribution in [3.05, 3.63) is 211 Å². The number of nitrogens with zero attached hydrogens (tertiary/aromatic N) is 3. The summed E-state index contributed by atoms with van der Waals surface area (Å²) in [6.07, 6.45) is 4.76. The number of hydrogen-bond acceptors (Lipinski definition) is 2. The first-order valence-corrected chi connectivity index (χ1v) is 24.7. The Kier molecular flexibility index (Phi) is 8.43. The van der Waals surface area contributed by atoms with Crippen LogP contribution in [-0.4, -0.2) is 16.8 Å². The first kappa shape index (κ1) is 39.6. The maximum absolute atomic E-state index is 2.88. The zero-order valence-electron chi connectivity index (χ0n) is 39.2. The highest BCUT2D eigenvalue weighted by molar-refractivity contribution is 7.00. The van der Waals surface area contributed by atoms with Gasteiger partial charge < -0.3 is 14.4 Å². The summed E-state index contributed by atoms with van der Waals surface area (Å²) in [7, 11) is 0. The summed E-state index contributed by atoms with van der Waals surface area (Å²) in [6, 6.07) is 73.9. The van der Waals surface area contributed by atoms with Gasteiger partial charge in [0.2, 0.25) is 0 Å². The Morgan fingerprint density at radius 2 is 1.01 bits per heavy atom. The van der Waals surface area contributed by atoms with E-state index in [9.17, 15) is 0 Å². The molecule has 4 heteroatoms. The van der Waals surface area contributed by atoms with Crippen LogP contribution in [0.4, 0.5) is 28.4 Å². The van der Waals surface area contributed by atoms with Crippen LogP contribution in [0.1, 0.15) is 56.2 Å². The Morgan fingerprint density at radius 1 is 0.471 bits per heavy atom. The second-order valence-corrected chi connectivity index (χ2v) is 20.6. The van der Waals surface area contributed by atoms with Gasteiger partial charge in [0.05, 0.1) is 16.7 Å². The average molecular weight is 874 g/mol. The maximum Gasteiger partial charge on any atom is 0.252 e. The molecule has 1 saturated carbocycles. The van der Waals surface area contributed by atoms with Crippen LogP contribution in [-0.2, 0) is 5.41 Å². The zero-order valence-corrected chi connectivity index (χ0v) is 39.2. The van der Waals surface area contributed by atoms with Crippen LogP contribution in [0.15, 0.2) is 194 Å². The lowest BCUT2D eigenvalue weighted by Crippen LogP contribution is -2.64. The van der Waals surface area contributed by atoms with E-state index >= 15 is 0 Å². The fourth-order valence-corrected chi connectivity index (χ4v) is 13.2. The molecule has 2 atom stereocenters. The quantitative estimate of drug-likeness (QED) is 0.154. The molecule has 0 bridgehead atoms. The second kappa shape index (κ2) is 14.5. The van der Waals surface area contributed by atoms with Crippen LogP contribution >= 0.6 is 0 Å². The van der Waals surface area contributed by atoms with Gasteiger partial charge in [-0.15, -0.1) is 0 Å². The Bertz CT molecular complexity index is 3620. The Balaban J connectivity index is 1.16. The molecule has 2 unspecified atom stereocenters. The molecule has 4 aliphatic rings. The summed E-state index contributed by atoms with van der Waals surface area (Å²) >= 11 is 0. The van der Waals surface area contributed by atoms with E-state index in [2.05, 4.69) is 236 Å². The van der Waals surface area contributed by atoms with Gasteiger partial charge in [0, 0.05) is 50.1 Å². The predicted octanol–water partition coefficient (Wildman–Crippen LogP) is 14.8. The summed E-state index contributed by atoms with van der Waals surface area (Å²) in [5.74, 6) is 0. The van der Waals surface area contributed by atoms with Crippen LogP contribution in [0.3, 0.4) is 0 Å². The van der Waals surface area contributed by atoms with Gasteiger partial charge in [0.1, 0.15) is 0 Å². The number of benzene rings is 9. The molecule has 9 aromatic carbocycles. The minimum absolute atomic E-state index is 0.00108. The lowest BCUT2D eigenvalue weighted by atomic mass is 9.33. The van der Waals surface area contributed by atoms with Gasteiger partial charge in [-0.2, -0.15) is 0 Å². The van der Waals surface area contributed by atoms with Crippen LogP contribution in [0, 0.1) is 13.8 Å². The third-order valence-corrected chi connectivity index (χ3v) is 16.8. The molecule has 1 aromatic heterocycles. The lowest BCUT2D eigenvalue weighted by Gasteiger charge is -2.52. The van der Waals surface area contributed by atoms with Crippen molar-refractivity contribution in [3.8, 4) is 39.1 Å². The van der Waals surface area contributed by atoms with E-state index in [-0.39, 0.29) is 17.7 Å². The van der Waals surface area contributed by atoms with Crippen molar-refractivity contribution < 1.29 is 0 Å².